The molecule has 0 radical (unpaired) electrons. The number of ketones is 1. The highest BCUT2D eigenvalue weighted by molar-refractivity contribution is 6.01. The number of hydrogen-bond donors (Lipinski definition) is 1. The van der Waals surface area contributed by atoms with Crippen LogP contribution in [0.4, 0.5) is 0 Å². The molecule has 1 aromatic rings. The van der Waals surface area contributed by atoms with E-state index in [1.807, 2.05) is 24.3 Å². The van der Waals surface area contributed by atoms with Crippen LogP contribution < -0.4 is 5.32 Å². The van der Waals surface area contributed by atoms with Crippen LogP contribution >= 0.6 is 0 Å². The molecule has 4 heteroatoms. The monoisotopic (exact) mass is 317 g/mol. The lowest BCUT2D eigenvalue weighted by atomic mass is 9.97. The van der Waals surface area contributed by atoms with E-state index < -0.39 is 6.04 Å². The molecule has 1 aliphatic carbocycles. The lowest BCUT2D eigenvalue weighted by Gasteiger charge is -2.17. The first kappa shape index (κ1) is 17.7. The lowest BCUT2D eigenvalue weighted by Crippen LogP contribution is -2.40. The van der Waals surface area contributed by atoms with Gasteiger partial charge in [0.1, 0.15) is 0 Å². The number of rotatable bonds is 9. The number of benzene rings is 1. The Morgan fingerprint density at radius 2 is 1.87 bits per heavy atom. The normalized spacial score (nSPS) is 15.5. The summed E-state index contributed by atoms with van der Waals surface area (Å²) >= 11 is 0. The molecule has 1 fully saturated rings. The molecule has 1 saturated carbocycles. The predicted octanol–water partition coefficient (Wildman–Crippen LogP) is 3.14. The van der Waals surface area contributed by atoms with Crippen LogP contribution in [0.25, 0.3) is 0 Å². The summed E-state index contributed by atoms with van der Waals surface area (Å²) in [5.41, 5.74) is 1.88. The minimum absolute atomic E-state index is 0.0268. The van der Waals surface area contributed by atoms with E-state index in [1.165, 1.54) is 5.56 Å². The minimum atomic E-state index is -0.488. The average molecular weight is 317 g/mol. The first-order chi connectivity index (χ1) is 11.0. The van der Waals surface area contributed by atoms with E-state index in [9.17, 15) is 9.59 Å². The van der Waals surface area contributed by atoms with Crippen LogP contribution in [0.5, 0.6) is 0 Å². The summed E-state index contributed by atoms with van der Waals surface area (Å²) < 4.78 is 4.99. The molecule has 1 aliphatic rings. The van der Waals surface area contributed by atoms with E-state index in [1.54, 1.807) is 6.92 Å². The highest BCUT2D eigenvalue weighted by Crippen LogP contribution is 2.21. The SMILES string of the molecule is CCOC(=O)CC(NC1CC1)C(=O)c1ccc(CC(C)C)cc1. The molecule has 1 aromatic carbocycles. The summed E-state index contributed by atoms with van der Waals surface area (Å²) in [4.78, 5) is 24.5. The number of hydrogen-bond acceptors (Lipinski definition) is 4. The number of carbonyl (C=O) groups is 2. The van der Waals surface area contributed by atoms with Crippen LogP contribution in [0.1, 0.15) is 56.0 Å². The van der Waals surface area contributed by atoms with Gasteiger partial charge in [-0.1, -0.05) is 38.1 Å². The van der Waals surface area contributed by atoms with Crippen LogP contribution in [0.3, 0.4) is 0 Å². The summed E-state index contributed by atoms with van der Waals surface area (Å²) in [7, 11) is 0. The summed E-state index contributed by atoms with van der Waals surface area (Å²) in [5, 5.41) is 3.27. The fourth-order valence-electron chi connectivity index (χ4n) is 2.63. The Morgan fingerprint density at radius 1 is 1.22 bits per heavy atom. The van der Waals surface area contributed by atoms with Crippen molar-refractivity contribution in [2.45, 2.75) is 58.5 Å². The van der Waals surface area contributed by atoms with Crippen LogP contribution in [0.15, 0.2) is 24.3 Å². The van der Waals surface area contributed by atoms with Gasteiger partial charge in [-0.15, -0.1) is 0 Å². The van der Waals surface area contributed by atoms with Gasteiger partial charge in [0.25, 0.3) is 0 Å². The Morgan fingerprint density at radius 3 is 2.39 bits per heavy atom. The van der Waals surface area contributed by atoms with Crippen molar-refractivity contribution in [3.05, 3.63) is 35.4 Å². The number of carbonyl (C=O) groups excluding carboxylic acids is 2. The Balaban J connectivity index is 2.04. The second-order valence-corrected chi connectivity index (χ2v) is 6.66. The quantitative estimate of drug-likeness (QED) is 0.561. The number of ether oxygens (including phenoxy) is 1. The Hall–Kier alpha value is -1.68. The second-order valence-electron chi connectivity index (χ2n) is 6.66. The first-order valence-corrected chi connectivity index (χ1v) is 8.54. The Labute approximate surface area is 138 Å². The maximum atomic E-state index is 12.7. The molecule has 126 valence electrons. The molecule has 2 rings (SSSR count). The smallest absolute Gasteiger partial charge is 0.307 e. The number of Topliss-reactive ketones (excluding diaryl/α,β-unsaturated/α-hetero) is 1. The molecular weight excluding hydrogens is 290 g/mol. The van der Waals surface area contributed by atoms with Crippen molar-refractivity contribution < 1.29 is 14.3 Å². The van der Waals surface area contributed by atoms with Crippen molar-refractivity contribution in [2.75, 3.05) is 6.61 Å². The van der Waals surface area contributed by atoms with Gasteiger partial charge in [0.2, 0.25) is 0 Å². The van der Waals surface area contributed by atoms with Gasteiger partial charge in [-0.05, 0) is 37.7 Å². The zero-order valence-electron chi connectivity index (χ0n) is 14.3. The third kappa shape index (κ3) is 5.79. The molecule has 0 saturated heterocycles. The molecule has 0 aromatic heterocycles. The van der Waals surface area contributed by atoms with Crippen molar-refractivity contribution in [2.24, 2.45) is 5.92 Å². The van der Waals surface area contributed by atoms with Gasteiger partial charge in [-0.2, -0.15) is 0 Å². The largest absolute Gasteiger partial charge is 0.466 e. The van der Waals surface area contributed by atoms with Gasteiger partial charge in [-0.25, -0.2) is 0 Å². The third-order valence-corrected chi connectivity index (χ3v) is 3.89. The van der Waals surface area contributed by atoms with E-state index in [0.717, 1.165) is 19.3 Å². The van der Waals surface area contributed by atoms with E-state index in [4.69, 9.17) is 4.74 Å². The van der Waals surface area contributed by atoms with Crippen molar-refractivity contribution in [3.63, 3.8) is 0 Å². The molecule has 0 bridgehead atoms. The highest BCUT2D eigenvalue weighted by Gasteiger charge is 2.30. The minimum Gasteiger partial charge on any atom is -0.466 e. The molecule has 0 spiro atoms. The summed E-state index contributed by atoms with van der Waals surface area (Å²) in [6, 6.07) is 7.62. The van der Waals surface area contributed by atoms with E-state index in [-0.39, 0.29) is 18.2 Å². The van der Waals surface area contributed by atoms with Gasteiger partial charge in [0.05, 0.1) is 19.1 Å². The molecule has 4 nitrogen and oxygen atoms in total. The maximum absolute atomic E-state index is 12.7. The van der Waals surface area contributed by atoms with Crippen LogP contribution in [-0.4, -0.2) is 30.4 Å². The molecule has 1 atom stereocenters. The standard InChI is InChI=1S/C19H27NO3/c1-4-23-18(21)12-17(20-16-9-10-16)19(22)15-7-5-14(6-8-15)11-13(2)3/h5-8,13,16-17,20H,4,9-12H2,1-3H3. The fourth-order valence-corrected chi connectivity index (χ4v) is 2.63. The van der Waals surface area contributed by atoms with Crippen LogP contribution in [-0.2, 0) is 16.0 Å². The van der Waals surface area contributed by atoms with Crippen molar-refractivity contribution in [1.82, 2.24) is 5.32 Å². The van der Waals surface area contributed by atoms with Crippen molar-refractivity contribution >= 4 is 11.8 Å². The maximum Gasteiger partial charge on any atom is 0.307 e. The lowest BCUT2D eigenvalue weighted by molar-refractivity contribution is -0.143. The topological polar surface area (TPSA) is 55.4 Å². The number of nitrogens with one attached hydrogen (secondary N) is 1. The van der Waals surface area contributed by atoms with Gasteiger partial charge in [0.15, 0.2) is 5.78 Å². The zero-order chi connectivity index (χ0) is 16.8. The fraction of sp³-hybridized carbons (Fsp3) is 0.579. The summed E-state index contributed by atoms with van der Waals surface area (Å²) in [6.45, 7) is 6.46. The van der Waals surface area contributed by atoms with E-state index in [2.05, 4.69) is 19.2 Å². The predicted molar refractivity (Wildman–Crippen MR) is 90.5 cm³/mol. The summed E-state index contributed by atoms with van der Waals surface area (Å²) in [6.07, 6.45) is 3.23. The molecule has 0 heterocycles. The van der Waals surface area contributed by atoms with E-state index in [0.29, 0.717) is 24.1 Å². The zero-order valence-corrected chi connectivity index (χ0v) is 14.3. The second kappa shape index (κ2) is 8.25. The van der Waals surface area contributed by atoms with Crippen LogP contribution in [0.2, 0.25) is 0 Å². The molecule has 1 N–H and O–H groups in total. The first-order valence-electron chi connectivity index (χ1n) is 8.54. The molecule has 0 amide bonds. The molecule has 1 unspecified atom stereocenters. The van der Waals surface area contributed by atoms with Crippen molar-refractivity contribution in [1.29, 1.82) is 0 Å². The summed E-state index contributed by atoms with van der Waals surface area (Å²) in [5.74, 6) is 0.237. The molecule has 23 heavy (non-hydrogen) atoms. The molecule has 0 aliphatic heterocycles. The number of esters is 1. The third-order valence-electron chi connectivity index (χ3n) is 3.89. The van der Waals surface area contributed by atoms with Crippen molar-refractivity contribution in [3.8, 4) is 0 Å². The Bertz CT molecular complexity index is 532. The van der Waals surface area contributed by atoms with Gasteiger partial charge in [-0.3, -0.25) is 9.59 Å². The van der Waals surface area contributed by atoms with E-state index >= 15 is 0 Å². The van der Waals surface area contributed by atoms with Crippen LogP contribution in [0, 0.1) is 5.92 Å². The molecular formula is C19H27NO3. The highest BCUT2D eigenvalue weighted by atomic mass is 16.5. The Kier molecular flexibility index (Phi) is 6.34. The van der Waals surface area contributed by atoms with Gasteiger partial charge in [0, 0.05) is 11.6 Å². The average Bonchev–Trinajstić information content (AvgIpc) is 3.30. The van der Waals surface area contributed by atoms with Gasteiger partial charge < -0.3 is 10.1 Å². The van der Waals surface area contributed by atoms with Gasteiger partial charge >= 0.3 is 5.97 Å².